The van der Waals surface area contributed by atoms with E-state index in [4.69, 9.17) is 0 Å². The van der Waals surface area contributed by atoms with Gasteiger partial charge in [-0.25, -0.2) is 4.90 Å². The lowest BCUT2D eigenvalue weighted by molar-refractivity contribution is -0.384. The molecular formula is C30H36N2O6. The van der Waals surface area contributed by atoms with Gasteiger partial charge in [0, 0.05) is 11.5 Å². The van der Waals surface area contributed by atoms with Gasteiger partial charge in [-0.3, -0.25) is 24.5 Å². The molecule has 38 heavy (non-hydrogen) atoms. The average molecular weight is 521 g/mol. The van der Waals surface area contributed by atoms with Crippen molar-refractivity contribution in [2.75, 3.05) is 4.90 Å². The van der Waals surface area contributed by atoms with Gasteiger partial charge in [-0.05, 0) is 74.2 Å². The summed E-state index contributed by atoms with van der Waals surface area (Å²) < 4.78 is 0. The van der Waals surface area contributed by atoms with Gasteiger partial charge >= 0.3 is 5.97 Å². The SMILES string of the molecule is CC(C)C1=CC23CCC4[C@](C)(CCC[C@@]4(C)C(=O)O)C2CC1[C@H]1C(=O)N(c2ccccc2[N+](=O)[O-])C(=O)[C@H]13. The van der Waals surface area contributed by atoms with E-state index in [1.165, 1.54) is 17.7 Å². The molecule has 1 aromatic rings. The van der Waals surface area contributed by atoms with Gasteiger partial charge in [0.2, 0.25) is 11.8 Å². The van der Waals surface area contributed by atoms with Gasteiger partial charge in [0.25, 0.3) is 5.69 Å². The molecule has 8 heteroatoms. The Balaban J connectivity index is 1.50. The number of carbonyl (C=O) groups is 3. The standard InChI is InChI=1S/C30H36N2O6/c1-16(2)18-15-30-13-10-21-28(3,11-7-12-29(21,4)27(35)36)22(30)14-17(18)23-24(30)26(34)31(25(23)33)19-8-5-6-9-20(19)32(37)38/h5-6,8-9,15-17,21-24H,7,10-14H2,1-4H3,(H,35,36)/t17?,21?,22?,23-,24+,28+,29-,30?/m1/s1. The van der Waals surface area contributed by atoms with E-state index in [1.54, 1.807) is 12.1 Å². The highest BCUT2D eigenvalue weighted by Crippen LogP contribution is 2.74. The monoisotopic (exact) mass is 520 g/mol. The molecule has 1 aliphatic heterocycles. The van der Waals surface area contributed by atoms with Crippen molar-refractivity contribution in [3.05, 3.63) is 46.0 Å². The van der Waals surface area contributed by atoms with E-state index in [2.05, 4.69) is 26.8 Å². The van der Waals surface area contributed by atoms with Crippen molar-refractivity contribution in [1.29, 1.82) is 0 Å². The highest BCUT2D eigenvalue weighted by Gasteiger charge is 2.73. The van der Waals surface area contributed by atoms with Crippen molar-refractivity contribution in [2.24, 2.45) is 51.8 Å². The first kappa shape index (κ1) is 25.3. The summed E-state index contributed by atoms with van der Waals surface area (Å²) in [7, 11) is 0. The maximum Gasteiger partial charge on any atom is 0.309 e. The molecule has 2 amide bonds. The van der Waals surface area contributed by atoms with E-state index in [0.717, 1.165) is 24.2 Å². The number of nitrogens with zero attached hydrogens (tertiary/aromatic N) is 2. The summed E-state index contributed by atoms with van der Waals surface area (Å²) in [5.74, 6) is -2.32. The summed E-state index contributed by atoms with van der Waals surface area (Å²) in [6.07, 6.45) is 6.84. The Bertz CT molecular complexity index is 1300. The number of imide groups is 1. The van der Waals surface area contributed by atoms with Crippen LogP contribution in [-0.4, -0.2) is 27.8 Å². The topological polar surface area (TPSA) is 118 Å². The van der Waals surface area contributed by atoms with Gasteiger partial charge in [0.05, 0.1) is 22.2 Å². The molecule has 7 rings (SSSR count). The molecule has 1 heterocycles. The maximum absolute atomic E-state index is 14.3. The molecule has 8 nitrogen and oxygen atoms in total. The largest absolute Gasteiger partial charge is 0.481 e. The lowest BCUT2D eigenvalue weighted by Crippen LogP contribution is -2.65. The molecule has 6 aliphatic rings. The summed E-state index contributed by atoms with van der Waals surface area (Å²) in [5.41, 5.74) is -0.593. The van der Waals surface area contributed by atoms with Crippen molar-refractivity contribution in [3.63, 3.8) is 0 Å². The fraction of sp³-hybridized carbons (Fsp3) is 0.633. The molecule has 5 aliphatic carbocycles. The second kappa shape index (κ2) is 7.99. The number of carboxylic acid groups (broad SMARTS) is 1. The third-order valence-electron chi connectivity index (χ3n) is 11.5. The molecule has 202 valence electrons. The van der Waals surface area contributed by atoms with Crippen molar-refractivity contribution in [3.8, 4) is 0 Å². The quantitative estimate of drug-likeness (QED) is 0.239. The molecule has 0 aromatic heterocycles. The number of amides is 2. The van der Waals surface area contributed by atoms with Crippen LogP contribution in [0.3, 0.4) is 0 Å². The summed E-state index contributed by atoms with van der Waals surface area (Å²) in [6, 6.07) is 6.00. The predicted molar refractivity (Wildman–Crippen MR) is 140 cm³/mol. The minimum Gasteiger partial charge on any atom is -0.481 e. The zero-order valence-electron chi connectivity index (χ0n) is 22.5. The number of fused-ring (bicyclic) bond motifs is 1. The van der Waals surface area contributed by atoms with E-state index in [9.17, 15) is 29.6 Å². The van der Waals surface area contributed by atoms with Crippen LogP contribution in [0.2, 0.25) is 0 Å². The van der Waals surface area contributed by atoms with Crippen LogP contribution in [0.25, 0.3) is 0 Å². The van der Waals surface area contributed by atoms with Crippen LogP contribution in [0.5, 0.6) is 0 Å². The number of nitro benzene ring substituents is 1. The molecule has 1 aromatic carbocycles. The Kier molecular flexibility index (Phi) is 5.31. The summed E-state index contributed by atoms with van der Waals surface area (Å²) in [5, 5.41) is 22.1. The first-order valence-electron chi connectivity index (χ1n) is 14.0. The smallest absolute Gasteiger partial charge is 0.309 e. The summed E-state index contributed by atoms with van der Waals surface area (Å²) in [6.45, 7) is 8.39. The number of nitro groups is 1. The van der Waals surface area contributed by atoms with Gasteiger partial charge in [-0.2, -0.15) is 0 Å². The molecule has 1 N–H and O–H groups in total. The van der Waals surface area contributed by atoms with Gasteiger partial charge in [0.15, 0.2) is 0 Å². The Morgan fingerprint density at radius 1 is 1.11 bits per heavy atom. The molecular weight excluding hydrogens is 484 g/mol. The van der Waals surface area contributed by atoms with Crippen LogP contribution >= 0.6 is 0 Å². The number of hydrogen-bond acceptors (Lipinski definition) is 5. The number of hydrogen-bond donors (Lipinski definition) is 1. The fourth-order valence-electron chi connectivity index (χ4n) is 10.0. The Labute approximate surface area is 222 Å². The molecule has 2 bridgehead atoms. The van der Waals surface area contributed by atoms with E-state index in [-0.39, 0.29) is 52.3 Å². The zero-order valence-corrected chi connectivity index (χ0v) is 22.5. The van der Waals surface area contributed by atoms with Gasteiger partial charge < -0.3 is 5.11 Å². The molecule has 1 saturated heterocycles. The van der Waals surface area contributed by atoms with Crippen LogP contribution in [0, 0.1) is 61.9 Å². The lowest BCUT2D eigenvalue weighted by Gasteiger charge is -2.68. The number of para-hydroxylation sites is 2. The van der Waals surface area contributed by atoms with Gasteiger partial charge in [0.1, 0.15) is 5.69 Å². The second-order valence-electron chi connectivity index (χ2n) is 13.2. The molecule has 8 atom stereocenters. The number of carbonyl (C=O) groups excluding carboxylic acids is 2. The third-order valence-corrected chi connectivity index (χ3v) is 11.5. The minimum absolute atomic E-state index is 0.00379. The van der Waals surface area contributed by atoms with E-state index in [1.807, 2.05) is 6.92 Å². The Hall–Kier alpha value is -3.03. The normalized spacial score (nSPS) is 41.4. The number of anilines is 1. The van der Waals surface area contributed by atoms with Crippen LogP contribution in [-0.2, 0) is 14.4 Å². The fourth-order valence-corrected chi connectivity index (χ4v) is 10.0. The number of allylic oxidation sites excluding steroid dienone is 2. The Morgan fingerprint density at radius 3 is 2.47 bits per heavy atom. The lowest BCUT2D eigenvalue weighted by atomic mass is 9.34. The highest BCUT2D eigenvalue weighted by molar-refractivity contribution is 6.23. The first-order chi connectivity index (χ1) is 17.9. The number of carboxylic acids is 1. The van der Waals surface area contributed by atoms with Crippen molar-refractivity contribution < 1.29 is 24.4 Å². The van der Waals surface area contributed by atoms with Crippen LogP contribution in [0.1, 0.15) is 66.2 Å². The van der Waals surface area contributed by atoms with Crippen LogP contribution in [0.15, 0.2) is 35.9 Å². The number of rotatable bonds is 4. The van der Waals surface area contributed by atoms with Gasteiger partial charge in [-0.15, -0.1) is 0 Å². The predicted octanol–water partition coefficient (Wildman–Crippen LogP) is 5.61. The molecule has 4 unspecified atom stereocenters. The van der Waals surface area contributed by atoms with Crippen LogP contribution in [0.4, 0.5) is 11.4 Å². The zero-order chi connectivity index (χ0) is 27.4. The third kappa shape index (κ3) is 2.94. The van der Waals surface area contributed by atoms with E-state index in [0.29, 0.717) is 19.3 Å². The number of aliphatic carboxylic acids is 1. The second-order valence-corrected chi connectivity index (χ2v) is 13.2. The molecule has 1 spiro atoms. The first-order valence-corrected chi connectivity index (χ1v) is 14.0. The van der Waals surface area contributed by atoms with Crippen LogP contribution < -0.4 is 4.90 Å². The molecule has 4 fully saturated rings. The number of benzene rings is 1. The molecule has 3 saturated carbocycles. The molecule has 0 radical (unpaired) electrons. The van der Waals surface area contributed by atoms with E-state index < -0.39 is 33.6 Å². The van der Waals surface area contributed by atoms with Crippen molar-refractivity contribution >= 4 is 29.2 Å². The van der Waals surface area contributed by atoms with Gasteiger partial charge in [-0.1, -0.05) is 51.0 Å². The van der Waals surface area contributed by atoms with E-state index >= 15 is 0 Å². The average Bonchev–Trinajstić information content (AvgIpc) is 3.15. The summed E-state index contributed by atoms with van der Waals surface area (Å²) >= 11 is 0. The van der Waals surface area contributed by atoms with Crippen molar-refractivity contribution in [2.45, 2.75) is 66.2 Å². The minimum atomic E-state index is -0.804. The summed E-state index contributed by atoms with van der Waals surface area (Å²) in [4.78, 5) is 53.3. The Morgan fingerprint density at radius 2 is 1.82 bits per heavy atom. The highest BCUT2D eigenvalue weighted by atomic mass is 16.6. The maximum atomic E-state index is 14.3. The van der Waals surface area contributed by atoms with Crippen molar-refractivity contribution in [1.82, 2.24) is 0 Å².